The minimum atomic E-state index is -3.77. The molecule has 0 aromatic carbocycles. The molecule has 0 rings (SSSR count). The number of ether oxygens (including phenoxy) is 1. The van der Waals surface area contributed by atoms with Crippen molar-refractivity contribution in [3.63, 3.8) is 0 Å². The summed E-state index contributed by atoms with van der Waals surface area (Å²) in [6, 6.07) is 0. The van der Waals surface area contributed by atoms with Gasteiger partial charge in [-0.2, -0.15) is 0 Å². The van der Waals surface area contributed by atoms with Crippen LogP contribution in [-0.2, 0) is 24.2 Å². The van der Waals surface area contributed by atoms with E-state index < -0.39 is 33.2 Å². The lowest BCUT2D eigenvalue weighted by molar-refractivity contribution is -0.139. The Balaban J connectivity index is 4.31. The van der Waals surface area contributed by atoms with Gasteiger partial charge in [0.2, 0.25) is 5.91 Å². The van der Waals surface area contributed by atoms with Crippen LogP contribution in [0.5, 0.6) is 0 Å². The van der Waals surface area contributed by atoms with Gasteiger partial charge in [0, 0.05) is 13.6 Å². The molecule has 0 aliphatic rings. The van der Waals surface area contributed by atoms with Crippen molar-refractivity contribution in [3.8, 4) is 0 Å². The van der Waals surface area contributed by atoms with Crippen molar-refractivity contribution in [3.05, 3.63) is 0 Å². The van der Waals surface area contributed by atoms with Crippen LogP contribution in [0.1, 0.15) is 13.3 Å². The Morgan fingerprint density at radius 2 is 1.89 bits per heavy atom. The number of nitrogens with zero attached hydrogens (tertiary/aromatic N) is 1. The summed E-state index contributed by atoms with van der Waals surface area (Å²) in [7, 11) is -2.27. The number of carbonyl (C=O) groups excluding carboxylic acids is 2. The normalized spacial score (nSPS) is 11.1. The fourth-order valence-corrected chi connectivity index (χ4v) is 2.33. The van der Waals surface area contributed by atoms with E-state index in [0.717, 1.165) is 0 Å². The van der Waals surface area contributed by atoms with Crippen molar-refractivity contribution >= 4 is 21.7 Å². The minimum Gasteiger partial charge on any atom is -0.465 e. The smallest absolute Gasteiger partial charge is 0.321 e. The maximum atomic E-state index is 11.6. The molecule has 8 heteroatoms. The van der Waals surface area contributed by atoms with Crippen molar-refractivity contribution in [2.75, 3.05) is 38.2 Å². The zero-order chi connectivity index (χ0) is 14.2. The van der Waals surface area contributed by atoms with Gasteiger partial charge in [0.05, 0.1) is 6.61 Å². The second-order valence-electron chi connectivity index (χ2n) is 3.79. The second kappa shape index (κ2) is 8.04. The second-order valence-corrected chi connectivity index (χ2v) is 5.86. The average molecular weight is 280 g/mol. The van der Waals surface area contributed by atoms with E-state index >= 15 is 0 Å². The van der Waals surface area contributed by atoms with Gasteiger partial charge in [0.25, 0.3) is 0 Å². The maximum absolute atomic E-state index is 11.6. The van der Waals surface area contributed by atoms with Gasteiger partial charge in [-0.05, 0) is 19.9 Å². The first kappa shape index (κ1) is 16.9. The van der Waals surface area contributed by atoms with Crippen LogP contribution in [0.15, 0.2) is 0 Å². The Bertz CT molecular complexity index is 380. The lowest BCUT2D eigenvalue weighted by Crippen LogP contribution is -2.35. The molecule has 0 aromatic heterocycles. The third-order valence-corrected chi connectivity index (χ3v) is 3.47. The van der Waals surface area contributed by atoms with Crippen LogP contribution in [0, 0.1) is 0 Å². The van der Waals surface area contributed by atoms with E-state index in [4.69, 9.17) is 5.73 Å². The van der Waals surface area contributed by atoms with E-state index in [9.17, 15) is 18.0 Å². The third-order valence-electron chi connectivity index (χ3n) is 2.11. The topological polar surface area (TPSA) is 107 Å². The van der Waals surface area contributed by atoms with Gasteiger partial charge in [0.15, 0.2) is 9.84 Å². The molecule has 18 heavy (non-hydrogen) atoms. The number of sulfone groups is 1. The number of esters is 1. The molecule has 1 amide bonds. The molecule has 0 aromatic rings. The number of carbonyl (C=O) groups is 2. The molecule has 0 heterocycles. The van der Waals surface area contributed by atoms with Crippen LogP contribution in [-0.4, -0.2) is 63.4 Å². The molecule has 0 unspecified atom stereocenters. The molecule has 0 spiro atoms. The number of rotatable bonds is 8. The maximum Gasteiger partial charge on any atom is 0.321 e. The van der Waals surface area contributed by atoms with Crippen molar-refractivity contribution < 1.29 is 22.7 Å². The van der Waals surface area contributed by atoms with Crippen LogP contribution in [0.4, 0.5) is 0 Å². The molecule has 106 valence electrons. The van der Waals surface area contributed by atoms with Gasteiger partial charge in [-0.1, -0.05) is 0 Å². The highest BCUT2D eigenvalue weighted by Crippen LogP contribution is 1.97. The molecule has 0 aliphatic carbocycles. The van der Waals surface area contributed by atoms with Crippen LogP contribution in [0.25, 0.3) is 0 Å². The first-order valence-electron chi connectivity index (χ1n) is 5.62. The molecule has 7 nitrogen and oxygen atoms in total. The Labute approximate surface area is 107 Å². The lowest BCUT2D eigenvalue weighted by atomic mass is 10.4. The Morgan fingerprint density at radius 1 is 1.28 bits per heavy atom. The molecular weight excluding hydrogens is 260 g/mol. The van der Waals surface area contributed by atoms with Gasteiger partial charge in [0.1, 0.15) is 11.5 Å². The molecule has 0 atom stereocenters. The van der Waals surface area contributed by atoms with Crippen LogP contribution in [0.2, 0.25) is 0 Å². The number of hydrogen-bond donors (Lipinski definition) is 1. The molecule has 2 N–H and O–H groups in total. The van der Waals surface area contributed by atoms with E-state index in [1.807, 2.05) is 0 Å². The van der Waals surface area contributed by atoms with Gasteiger partial charge in [-0.25, -0.2) is 8.42 Å². The Kier molecular flexibility index (Phi) is 7.53. The lowest BCUT2D eigenvalue weighted by Gasteiger charge is -2.16. The van der Waals surface area contributed by atoms with E-state index in [1.165, 1.54) is 11.9 Å². The SMILES string of the molecule is CCOC(=O)CS(=O)(=O)CC(=O)N(C)CCCN. The summed E-state index contributed by atoms with van der Waals surface area (Å²) in [6.45, 7) is 2.51. The summed E-state index contributed by atoms with van der Waals surface area (Å²) >= 11 is 0. The molecule has 0 radical (unpaired) electrons. The number of amides is 1. The summed E-state index contributed by atoms with van der Waals surface area (Å²) in [5.74, 6) is -2.84. The number of hydrogen-bond acceptors (Lipinski definition) is 6. The fraction of sp³-hybridized carbons (Fsp3) is 0.800. The minimum absolute atomic E-state index is 0.110. The fourth-order valence-electron chi connectivity index (χ4n) is 1.18. The molecule has 0 aliphatic heterocycles. The first-order chi connectivity index (χ1) is 8.32. The van der Waals surface area contributed by atoms with E-state index in [1.54, 1.807) is 6.92 Å². The van der Waals surface area contributed by atoms with Crippen LogP contribution >= 0.6 is 0 Å². The van der Waals surface area contributed by atoms with Crippen molar-refractivity contribution in [2.45, 2.75) is 13.3 Å². The molecule has 0 fully saturated rings. The molecular formula is C10H20N2O5S. The van der Waals surface area contributed by atoms with Crippen molar-refractivity contribution in [1.82, 2.24) is 4.90 Å². The van der Waals surface area contributed by atoms with E-state index in [-0.39, 0.29) is 6.61 Å². The Morgan fingerprint density at radius 3 is 2.39 bits per heavy atom. The number of nitrogens with two attached hydrogens (primary N) is 1. The third kappa shape index (κ3) is 7.23. The van der Waals surface area contributed by atoms with Crippen LogP contribution < -0.4 is 5.73 Å². The zero-order valence-electron chi connectivity index (χ0n) is 10.7. The van der Waals surface area contributed by atoms with Crippen molar-refractivity contribution in [1.29, 1.82) is 0 Å². The van der Waals surface area contributed by atoms with E-state index in [0.29, 0.717) is 19.5 Å². The highest BCUT2D eigenvalue weighted by atomic mass is 32.2. The summed E-state index contributed by atoms with van der Waals surface area (Å²) in [4.78, 5) is 23.9. The predicted octanol–water partition coefficient (Wildman–Crippen LogP) is -1.23. The largest absolute Gasteiger partial charge is 0.465 e. The predicted molar refractivity (Wildman–Crippen MR) is 66.6 cm³/mol. The zero-order valence-corrected chi connectivity index (χ0v) is 11.5. The van der Waals surface area contributed by atoms with Crippen molar-refractivity contribution in [2.24, 2.45) is 5.73 Å². The summed E-state index contributed by atoms with van der Waals surface area (Å²) in [5.41, 5.74) is 5.29. The monoisotopic (exact) mass is 280 g/mol. The summed E-state index contributed by atoms with van der Waals surface area (Å²) in [5, 5.41) is 0. The highest BCUT2D eigenvalue weighted by Gasteiger charge is 2.23. The van der Waals surface area contributed by atoms with Gasteiger partial charge in [-0.3, -0.25) is 9.59 Å². The quantitative estimate of drug-likeness (QED) is 0.558. The molecule has 0 saturated heterocycles. The van der Waals surface area contributed by atoms with E-state index in [2.05, 4.69) is 4.74 Å². The molecule has 0 saturated carbocycles. The Hall–Kier alpha value is -1.15. The molecule has 0 bridgehead atoms. The van der Waals surface area contributed by atoms with Crippen LogP contribution in [0.3, 0.4) is 0 Å². The van der Waals surface area contributed by atoms with Gasteiger partial charge < -0.3 is 15.4 Å². The summed E-state index contributed by atoms with van der Waals surface area (Å²) < 4.78 is 27.6. The average Bonchev–Trinajstić information content (AvgIpc) is 2.24. The first-order valence-corrected chi connectivity index (χ1v) is 7.44. The highest BCUT2D eigenvalue weighted by molar-refractivity contribution is 7.92. The standard InChI is InChI=1S/C10H20N2O5S/c1-3-17-10(14)8-18(15,16)7-9(13)12(2)6-4-5-11/h3-8,11H2,1-2H3. The van der Waals surface area contributed by atoms with Gasteiger partial charge in [-0.15, -0.1) is 0 Å². The summed E-state index contributed by atoms with van der Waals surface area (Å²) in [6.07, 6.45) is 0.597. The van der Waals surface area contributed by atoms with Gasteiger partial charge >= 0.3 is 5.97 Å².